The zero-order valence-electron chi connectivity index (χ0n) is 12.6. The lowest BCUT2D eigenvalue weighted by atomic mass is 10.2. The Morgan fingerprint density at radius 1 is 0.913 bits per heavy atom. The first-order chi connectivity index (χ1) is 11.2. The largest absolute Gasteiger partial charge is 0.392 e. The number of aliphatic hydroxyl groups excluding tert-OH is 1. The Kier molecular flexibility index (Phi) is 6.14. The highest BCUT2D eigenvalue weighted by Crippen LogP contribution is 2.10. The van der Waals surface area contributed by atoms with Gasteiger partial charge in [-0.2, -0.15) is 0 Å². The van der Waals surface area contributed by atoms with E-state index in [1.165, 1.54) is 0 Å². The van der Waals surface area contributed by atoms with Crippen LogP contribution in [-0.4, -0.2) is 23.6 Å². The van der Waals surface area contributed by atoms with Crippen molar-refractivity contribution in [1.82, 2.24) is 5.32 Å². The van der Waals surface area contributed by atoms with E-state index in [0.717, 1.165) is 5.56 Å². The maximum absolute atomic E-state index is 11.8. The van der Waals surface area contributed by atoms with E-state index in [-0.39, 0.29) is 31.5 Å². The highest BCUT2D eigenvalue weighted by atomic mass is 16.3. The van der Waals surface area contributed by atoms with Crippen molar-refractivity contribution in [1.29, 1.82) is 0 Å². The molecule has 0 unspecified atom stereocenters. The first-order valence-corrected chi connectivity index (χ1v) is 7.27. The van der Waals surface area contributed by atoms with Gasteiger partial charge in [0.2, 0.25) is 5.91 Å². The van der Waals surface area contributed by atoms with Crippen LogP contribution in [0.15, 0.2) is 54.6 Å². The molecule has 0 radical (unpaired) electrons. The van der Waals surface area contributed by atoms with E-state index in [9.17, 15) is 9.59 Å². The molecule has 0 bridgehead atoms. The van der Waals surface area contributed by atoms with Crippen molar-refractivity contribution in [3.8, 4) is 0 Å². The van der Waals surface area contributed by atoms with Gasteiger partial charge in [-0.25, -0.2) is 4.79 Å². The quantitative estimate of drug-likeness (QED) is 0.660. The molecule has 0 spiro atoms. The standard InChI is InChI=1S/C17H19N3O3/c21-12-13-5-4-8-15(11-13)19-16(22)9-10-18-17(23)20-14-6-2-1-3-7-14/h1-8,11,21H,9-10,12H2,(H,19,22)(H2,18,20,23). The molecule has 120 valence electrons. The maximum atomic E-state index is 11.8. The van der Waals surface area contributed by atoms with Gasteiger partial charge in [0, 0.05) is 24.3 Å². The molecule has 4 N–H and O–H groups in total. The van der Waals surface area contributed by atoms with Gasteiger partial charge in [0.15, 0.2) is 0 Å². The number of hydrogen-bond acceptors (Lipinski definition) is 3. The summed E-state index contributed by atoms with van der Waals surface area (Å²) in [4.78, 5) is 23.5. The highest BCUT2D eigenvalue weighted by molar-refractivity contribution is 5.92. The molecular weight excluding hydrogens is 294 g/mol. The zero-order chi connectivity index (χ0) is 16.5. The van der Waals surface area contributed by atoms with Crippen LogP contribution in [0.2, 0.25) is 0 Å². The second-order valence-corrected chi connectivity index (χ2v) is 4.90. The molecule has 0 saturated carbocycles. The van der Waals surface area contributed by atoms with Crippen LogP contribution in [0.3, 0.4) is 0 Å². The molecule has 0 aromatic heterocycles. The summed E-state index contributed by atoms with van der Waals surface area (Å²) in [6.07, 6.45) is 0.158. The number of hydrogen-bond donors (Lipinski definition) is 4. The number of benzene rings is 2. The minimum atomic E-state index is -0.355. The Bertz CT molecular complexity index is 659. The third-order valence-electron chi connectivity index (χ3n) is 3.06. The van der Waals surface area contributed by atoms with Gasteiger partial charge in [-0.3, -0.25) is 4.79 Å². The van der Waals surface area contributed by atoms with Gasteiger partial charge in [0.25, 0.3) is 0 Å². The number of carbonyl (C=O) groups excluding carboxylic acids is 2. The molecule has 23 heavy (non-hydrogen) atoms. The van der Waals surface area contributed by atoms with Gasteiger partial charge in [0.05, 0.1) is 6.61 Å². The predicted molar refractivity (Wildman–Crippen MR) is 89.1 cm³/mol. The van der Waals surface area contributed by atoms with Gasteiger partial charge >= 0.3 is 6.03 Å². The molecule has 3 amide bonds. The molecule has 0 aliphatic heterocycles. The highest BCUT2D eigenvalue weighted by Gasteiger charge is 2.05. The average Bonchev–Trinajstić information content (AvgIpc) is 2.56. The summed E-state index contributed by atoms with van der Waals surface area (Å²) >= 11 is 0. The fourth-order valence-electron chi connectivity index (χ4n) is 1.96. The van der Waals surface area contributed by atoms with Crippen molar-refractivity contribution < 1.29 is 14.7 Å². The van der Waals surface area contributed by atoms with Crippen molar-refractivity contribution in [2.45, 2.75) is 13.0 Å². The number of aliphatic hydroxyl groups is 1. The topological polar surface area (TPSA) is 90.5 Å². The Balaban J connectivity index is 1.71. The summed E-state index contributed by atoms with van der Waals surface area (Å²) in [7, 11) is 0. The molecule has 2 aromatic rings. The number of nitrogens with one attached hydrogen (secondary N) is 3. The molecule has 0 saturated heterocycles. The molecule has 0 heterocycles. The van der Waals surface area contributed by atoms with E-state index in [0.29, 0.717) is 11.4 Å². The SMILES string of the molecule is O=C(CCNC(=O)Nc1ccccc1)Nc1cccc(CO)c1. The average molecular weight is 313 g/mol. The summed E-state index contributed by atoms with van der Waals surface area (Å²) in [5.74, 6) is -0.208. The van der Waals surface area contributed by atoms with Crippen LogP contribution in [0.5, 0.6) is 0 Å². The van der Waals surface area contributed by atoms with Crippen LogP contribution in [-0.2, 0) is 11.4 Å². The molecule has 2 aromatic carbocycles. The van der Waals surface area contributed by atoms with E-state index in [1.807, 2.05) is 18.2 Å². The van der Waals surface area contributed by atoms with Gasteiger partial charge in [-0.1, -0.05) is 30.3 Å². The van der Waals surface area contributed by atoms with Crippen LogP contribution in [0.25, 0.3) is 0 Å². The monoisotopic (exact) mass is 313 g/mol. The lowest BCUT2D eigenvalue weighted by Gasteiger charge is -2.08. The normalized spacial score (nSPS) is 9.96. The number of urea groups is 1. The molecule has 2 rings (SSSR count). The zero-order valence-corrected chi connectivity index (χ0v) is 12.6. The maximum Gasteiger partial charge on any atom is 0.319 e. The number of carbonyl (C=O) groups is 2. The van der Waals surface area contributed by atoms with E-state index in [4.69, 9.17) is 5.11 Å². The van der Waals surface area contributed by atoms with Crippen LogP contribution in [0, 0.1) is 0 Å². The van der Waals surface area contributed by atoms with Crippen molar-refractivity contribution in [3.63, 3.8) is 0 Å². The molecule has 6 heteroatoms. The second-order valence-electron chi connectivity index (χ2n) is 4.90. The lowest BCUT2D eigenvalue weighted by molar-refractivity contribution is -0.116. The lowest BCUT2D eigenvalue weighted by Crippen LogP contribution is -2.31. The fourth-order valence-corrected chi connectivity index (χ4v) is 1.96. The van der Waals surface area contributed by atoms with E-state index in [2.05, 4.69) is 16.0 Å². The predicted octanol–water partition coefficient (Wildman–Crippen LogP) is 2.33. The Morgan fingerprint density at radius 2 is 1.65 bits per heavy atom. The minimum Gasteiger partial charge on any atom is -0.392 e. The number of amides is 3. The van der Waals surface area contributed by atoms with Crippen molar-refractivity contribution in [3.05, 3.63) is 60.2 Å². The van der Waals surface area contributed by atoms with Gasteiger partial charge in [0.1, 0.15) is 0 Å². The molecule has 6 nitrogen and oxygen atoms in total. The number of anilines is 2. The third kappa shape index (κ3) is 5.80. The van der Waals surface area contributed by atoms with Gasteiger partial charge < -0.3 is 21.1 Å². The van der Waals surface area contributed by atoms with E-state index >= 15 is 0 Å². The minimum absolute atomic E-state index is 0.0784. The Hall–Kier alpha value is -2.86. The fraction of sp³-hybridized carbons (Fsp3) is 0.176. The van der Waals surface area contributed by atoms with E-state index < -0.39 is 0 Å². The van der Waals surface area contributed by atoms with Crippen LogP contribution < -0.4 is 16.0 Å². The molecular formula is C17H19N3O3. The first-order valence-electron chi connectivity index (χ1n) is 7.27. The van der Waals surface area contributed by atoms with Crippen LogP contribution in [0.1, 0.15) is 12.0 Å². The molecule has 0 fully saturated rings. The van der Waals surface area contributed by atoms with Crippen molar-refractivity contribution in [2.24, 2.45) is 0 Å². The summed E-state index contributed by atoms with van der Waals surface area (Å²) in [5.41, 5.74) is 2.04. The van der Waals surface area contributed by atoms with Gasteiger partial charge in [-0.15, -0.1) is 0 Å². The summed E-state index contributed by atoms with van der Waals surface area (Å²) in [5, 5.41) is 17.1. The molecule has 0 aliphatic rings. The Labute approximate surface area is 134 Å². The number of para-hydroxylation sites is 1. The number of rotatable bonds is 6. The van der Waals surface area contributed by atoms with Crippen LogP contribution in [0.4, 0.5) is 16.2 Å². The smallest absolute Gasteiger partial charge is 0.319 e. The molecule has 0 aliphatic carbocycles. The molecule has 0 atom stereocenters. The Morgan fingerprint density at radius 3 is 2.39 bits per heavy atom. The summed E-state index contributed by atoms with van der Waals surface area (Å²) in [6.45, 7) is 0.148. The van der Waals surface area contributed by atoms with Crippen LogP contribution >= 0.6 is 0 Å². The van der Waals surface area contributed by atoms with Crippen molar-refractivity contribution >= 4 is 23.3 Å². The summed E-state index contributed by atoms with van der Waals surface area (Å²) < 4.78 is 0. The second kappa shape index (κ2) is 8.55. The summed E-state index contributed by atoms with van der Waals surface area (Å²) in [6, 6.07) is 15.7. The van der Waals surface area contributed by atoms with Gasteiger partial charge in [-0.05, 0) is 29.8 Å². The third-order valence-corrected chi connectivity index (χ3v) is 3.06. The van der Waals surface area contributed by atoms with Crippen molar-refractivity contribution in [2.75, 3.05) is 17.2 Å². The van der Waals surface area contributed by atoms with E-state index in [1.54, 1.807) is 36.4 Å². The first kappa shape index (κ1) is 16.5.